The first-order valence-corrected chi connectivity index (χ1v) is 9.61. The lowest BCUT2D eigenvalue weighted by Gasteiger charge is -2.17. The molecule has 2 aliphatic carbocycles. The van der Waals surface area contributed by atoms with E-state index in [9.17, 15) is 14.7 Å². The number of unbranched alkanes of at least 4 members (excludes halogenated alkanes) is 1. The molecule has 2 rings (SSSR count). The smallest absolute Gasteiger partial charge is 0.303 e. The zero-order valence-electron chi connectivity index (χ0n) is 15.8. The Balaban J connectivity index is 1.91. The third-order valence-corrected chi connectivity index (χ3v) is 5.69. The highest BCUT2D eigenvalue weighted by Gasteiger charge is 2.44. The highest BCUT2D eigenvalue weighted by atomic mass is 16.4. The van der Waals surface area contributed by atoms with Crippen molar-refractivity contribution >= 4 is 11.8 Å². The molecule has 0 bridgehead atoms. The van der Waals surface area contributed by atoms with Crippen LogP contribution in [0.2, 0.25) is 0 Å². The lowest BCUT2D eigenvalue weighted by molar-refractivity contribution is -0.137. The summed E-state index contributed by atoms with van der Waals surface area (Å²) in [5.41, 5.74) is 1.38. The van der Waals surface area contributed by atoms with Crippen molar-refractivity contribution in [2.24, 2.45) is 23.7 Å². The highest BCUT2D eigenvalue weighted by molar-refractivity contribution is 5.91. The maximum atomic E-state index is 12.2. The molecule has 2 fully saturated rings. The van der Waals surface area contributed by atoms with Crippen LogP contribution in [0.4, 0.5) is 0 Å². The first-order chi connectivity index (χ1) is 12.4. The minimum atomic E-state index is -0.746. The van der Waals surface area contributed by atoms with E-state index in [4.69, 9.17) is 5.11 Å². The summed E-state index contributed by atoms with van der Waals surface area (Å²) in [4.78, 5) is 22.8. The predicted molar refractivity (Wildman–Crippen MR) is 101 cm³/mol. The van der Waals surface area contributed by atoms with Crippen LogP contribution in [0.1, 0.15) is 58.8 Å². The van der Waals surface area contributed by atoms with Gasteiger partial charge in [-0.05, 0) is 56.9 Å². The van der Waals surface area contributed by atoms with Gasteiger partial charge in [-0.1, -0.05) is 24.6 Å². The number of carbonyl (C=O) groups excluding carboxylic acids is 1. The third-order valence-electron chi connectivity index (χ3n) is 5.69. The fraction of sp³-hybridized carbons (Fsp3) is 0.636. The van der Waals surface area contributed by atoms with Crippen molar-refractivity contribution in [3.05, 3.63) is 23.8 Å². The van der Waals surface area contributed by atoms with Crippen LogP contribution in [-0.2, 0) is 9.59 Å². The summed E-state index contributed by atoms with van der Waals surface area (Å²) in [5.74, 6) is 5.88. The molecule has 4 nitrogen and oxygen atoms in total. The number of hydrogen-bond donors (Lipinski definition) is 2. The number of rotatable bonds is 8. The molecule has 0 aliphatic heterocycles. The van der Waals surface area contributed by atoms with Crippen LogP contribution in [0.3, 0.4) is 0 Å². The number of aliphatic carboxylic acids is 1. The monoisotopic (exact) mass is 358 g/mol. The van der Waals surface area contributed by atoms with Gasteiger partial charge in [0.25, 0.3) is 0 Å². The molecule has 0 aromatic heterocycles. The normalized spacial score (nSPS) is 30.2. The highest BCUT2D eigenvalue weighted by Crippen LogP contribution is 2.50. The molecule has 0 heterocycles. The quantitative estimate of drug-likeness (QED) is 0.300. The number of allylic oxidation sites excluding steroid dienone is 3. The Labute approximate surface area is 156 Å². The predicted octanol–water partition coefficient (Wildman–Crippen LogP) is 3.75. The van der Waals surface area contributed by atoms with E-state index in [-0.39, 0.29) is 30.1 Å². The topological polar surface area (TPSA) is 74.6 Å². The van der Waals surface area contributed by atoms with Crippen LogP contribution < -0.4 is 0 Å². The van der Waals surface area contributed by atoms with E-state index in [1.165, 1.54) is 5.57 Å². The Morgan fingerprint density at radius 1 is 1.35 bits per heavy atom. The van der Waals surface area contributed by atoms with Gasteiger partial charge in [0.1, 0.15) is 0 Å². The number of ketones is 1. The molecule has 0 saturated heterocycles. The maximum absolute atomic E-state index is 12.2. The third kappa shape index (κ3) is 5.57. The number of hydrogen-bond acceptors (Lipinski definition) is 3. The van der Waals surface area contributed by atoms with Gasteiger partial charge in [-0.25, -0.2) is 0 Å². The SMILES string of the molecule is CC#CCC(C)C(=O)/C=C/[C@H]1C(O)CC2C/C(=C\CCCC(=O)O)CC21. The second kappa shape index (κ2) is 9.73. The van der Waals surface area contributed by atoms with Crippen LogP contribution in [0.25, 0.3) is 0 Å². The zero-order chi connectivity index (χ0) is 19.1. The van der Waals surface area contributed by atoms with Gasteiger partial charge in [0.2, 0.25) is 0 Å². The minimum Gasteiger partial charge on any atom is -0.481 e. The van der Waals surface area contributed by atoms with Gasteiger partial charge in [-0.2, -0.15) is 0 Å². The largest absolute Gasteiger partial charge is 0.481 e. The van der Waals surface area contributed by atoms with Crippen LogP contribution in [0, 0.1) is 35.5 Å². The Morgan fingerprint density at radius 2 is 2.12 bits per heavy atom. The number of aliphatic hydroxyl groups excluding tert-OH is 1. The number of carboxylic acid groups (broad SMARTS) is 1. The summed E-state index contributed by atoms with van der Waals surface area (Å²) in [6.45, 7) is 3.66. The average Bonchev–Trinajstić information content (AvgIpc) is 3.10. The van der Waals surface area contributed by atoms with Gasteiger partial charge in [-0.15, -0.1) is 11.8 Å². The van der Waals surface area contributed by atoms with Crippen LogP contribution >= 0.6 is 0 Å². The fourth-order valence-electron chi connectivity index (χ4n) is 4.23. The van der Waals surface area contributed by atoms with Crippen LogP contribution in [-0.4, -0.2) is 28.1 Å². The molecule has 26 heavy (non-hydrogen) atoms. The summed E-state index contributed by atoms with van der Waals surface area (Å²) < 4.78 is 0. The summed E-state index contributed by atoms with van der Waals surface area (Å²) in [7, 11) is 0. The van der Waals surface area contributed by atoms with Gasteiger partial charge >= 0.3 is 5.97 Å². The Morgan fingerprint density at radius 3 is 2.81 bits per heavy atom. The van der Waals surface area contributed by atoms with Gasteiger partial charge in [0, 0.05) is 24.7 Å². The molecule has 4 heteroatoms. The van der Waals surface area contributed by atoms with Gasteiger partial charge in [0.05, 0.1) is 6.10 Å². The molecule has 0 spiro atoms. The summed E-state index contributed by atoms with van der Waals surface area (Å²) >= 11 is 0. The van der Waals surface area contributed by atoms with E-state index in [2.05, 4.69) is 17.9 Å². The molecular weight excluding hydrogens is 328 g/mol. The summed E-state index contributed by atoms with van der Waals surface area (Å²) in [5, 5.41) is 19.1. The van der Waals surface area contributed by atoms with E-state index in [0.29, 0.717) is 24.7 Å². The van der Waals surface area contributed by atoms with Crippen molar-refractivity contribution in [2.75, 3.05) is 0 Å². The number of carboxylic acids is 1. The van der Waals surface area contributed by atoms with Gasteiger partial charge in [0.15, 0.2) is 5.78 Å². The molecule has 0 aromatic carbocycles. The van der Waals surface area contributed by atoms with Crippen molar-refractivity contribution in [1.29, 1.82) is 0 Å². The van der Waals surface area contributed by atoms with E-state index in [1.807, 2.05) is 13.0 Å². The second-order valence-corrected chi connectivity index (χ2v) is 7.65. The van der Waals surface area contributed by atoms with E-state index >= 15 is 0 Å². The second-order valence-electron chi connectivity index (χ2n) is 7.65. The minimum absolute atomic E-state index is 0.0401. The average molecular weight is 358 g/mol. The molecule has 0 radical (unpaired) electrons. The standard InChI is InChI=1S/C22H30O4/c1-3-4-7-15(2)20(23)11-10-18-19-13-16(8-5-6-9-22(25)26)12-17(19)14-21(18)24/h8,10-11,15,17-19,21,24H,5-7,9,12-14H2,1-2H3,(H,25,26)/b11-10+,16-8+/t15?,17?,18-,19?,21?/m1/s1. The van der Waals surface area contributed by atoms with Crippen LogP contribution in [0.15, 0.2) is 23.8 Å². The summed E-state index contributed by atoms with van der Waals surface area (Å²) in [6.07, 6.45) is 10.4. The molecule has 2 N–H and O–H groups in total. The zero-order valence-corrected chi connectivity index (χ0v) is 15.8. The molecule has 2 saturated carbocycles. The Bertz CT molecular complexity index is 634. The van der Waals surface area contributed by atoms with E-state index < -0.39 is 5.97 Å². The number of aliphatic hydroxyl groups is 1. The van der Waals surface area contributed by atoms with Crippen molar-refractivity contribution in [2.45, 2.75) is 64.9 Å². The Kier molecular flexibility index (Phi) is 7.66. The fourth-order valence-corrected chi connectivity index (χ4v) is 4.23. The molecule has 4 unspecified atom stereocenters. The lowest BCUT2D eigenvalue weighted by Crippen LogP contribution is -2.17. The van der Waals surface area contributed by atoms with Gasteiger partial charge in [-0.3, -0.25) is 9.59 Å². The molecule has 0 aromatic rings. The lowest BCUT2D eigenvalue weighted by atomic mass is 9.89. The number of carbonyl (C=O) groups is 2. The first-order valence-electron chi connectivity index (χ1n) is 9.61. The van der Waals surface area contributed by atoms with E-state index in [0.717, 1.165) is 25.7 Å². The number of fused-ring (bicyclic) bond motifs is 1. The van der Waals surface area contributed by atoms with Crippen LogP contribution in [0.5, 0.6) is 0 Å². The summed E-state index contributed by atoms with van der Waals surface area (Å²) in [6, 6.07) is 0. The maximum Gasteiger partial charge on any atom is 0.303 e. The molecule has 142 valence electrons. The first kappa shape index (κ1) is 20.5. The molecular formula is C22H30O4. The molecule has 2 aliphatic rings. The molecule has 5 atom stereocenters. The van der Waals surface area contributed by atoms with Crippen molar-refractivity contribution < 1.29 is 19.8 Å². The Hall–Kier alpha value is -1.86. The van der Waals surface area contributed by atoms with Gasteiger partial charge < -0.3 is 10.2 Å². The van der Waals surface area contributed by atoms with Crippen molar-refractivity contribution in [3.63, 3.8) is 0 Å². The van der Waals surface area contributed by atoms with Crippen molar-refractivity contribution in [3.8, 4) is 11.8 Å². The van der Waals surface area contributed by atoms with E-state index in [1.54, 1.807) is 13.0 Å². The van der Waals surface area contributed by atoms with Crippen molar-refractivity contribution in [1.82, 2.24) is 0 Å². The molecule has 0 amide bonds.